The van der Waals surface area contributed by atoms with Gasteiger partial charge in [0.15, 0.2) is 11.5 Å². The van der Waals surface area contributed by atoms with Crippen LogP contribution in [0.4, 0.5) is 9.18 Å². The van der Waals surface area contributed by atoms with Crippen LogP contribution in [0.2, 0.25) is 0 Å². The summed E-state index contributed by atoms with van der Waals surface area (Å²) in [4.78, 5) is 18.8. The average molecular weight is 422 g/mol. The van der Waals surface area contributed by atoms with E-state index in [1.165, 1.54) is 12.1 Å². The fourth-order valence-electron chi connectivity index (χ4n) is 3.86. The van der Waals surface area contributed by atoms with Gasteiger partial charge in [-0.2, -0.15) is 4.98 Å². The quantitative estimate of drug-likeness (QED) is 0.680. The van der Waals surface area contributed by atoms with E-state index >= 15 is 0 Å². The lowest BCUT2D eigenvalue weighted by Crippen LogP contribution is -2.45. The zero-order valence-corrected chi connectivity index (χ0v) is 16.9. The Kier molecular flexibility index (Phi) is 4.58. The van der Waals surface area contributed by atoms with Gasteiger partial charge in [0.1, 0.15) is 5.82 Å². The number of allylic oxidation sites excluding steroid dienone is 1. The standard InChI is InChI=1S/C22H19FN4O4/c1-3-27-12(2)18(19(24-22(27)28)13-5-4-6-15(23)9-13)21-25-20(26-31-21)14-7-8-16-17(10-14)30-11-29-16/h4-10,19H,3,11H2,1-2H3,(H,24,28). The Balaban J connectivity index is 1.59. The molecule has 31 heavy (non-hydrogen) atoms. The third-order valence-corrected chi connectivity index (χ3v) is 5.38. The molecule has 1 unspecified atom stereocenters. The highest BCUT2D eigenvalue weighted by molar-refractivity contribution is 5.86. The van der Waals surface area contributed by atoms with Crippen molar-refractivity contribution in [2.75, 3.05) is 13.3 Å². The highest BCUT2D eigenvalue weighted by Gasteiger charge is 2.35. The van der Waals surface area contributed by atoms with Gasteiger partial charge in [0.05, 0.1) is 11.6 Å². The summed E-state index contributed by atoms with van der Waals surface area (Å²) in [5.74, 6) is 1.49. The smallest absolute Gasteiger partial charge is 0.322 e. The Morgan fingerprint density at radius 3 is 2.84 bits per heavy atom. The summed E-state index contributed by atoms with van der Waals surface area (Å²) in [6.45, 7) is 4.31. The molecule has 8 nitrogen and oxygen atoms in total. The second-order valence-corrected chi connectivity index (χ2v) is 7.17. The highest BCUT2D eigenvalue weighted by atomic mass is 19.1. The molecule has 2 aliphatic rings. The molecule has 2 amide bonds. The first kappa shape index (κ1) is 19.1. The predicted octanol–water partition coefficient (Wildman–Crippen LogP) is 4.12. The first-order chi connectivity index (χ1) is 15.0. The summed E-state index contributed by atoms with van der Waals surface area (Å²) >= 11 is 0. The molecule has 3 aromatic rings. The minimum atomic E-state index is -0.629. The summed E-state index contributed by atoms with van der Waals surface area (Å²) in [6.07, 6.45) is 0. The number of carbonyl (C=O) groups excluding carboxylic acids is 1. The molecule has 1 N–H and O–H groups in total. The normalized spacial score (nSPS) is 17.8. The van der Waals surface area contributed by atoms with Crippen LogP contribution >= 0.6 is 0 Å². The number of amides is 2. The van der Waals surface area contributed by atoms with Gasteiger partial charge < -0.3 is 19.3 Å². The van der Waals surface area contributed by atoms with E-state index < -0.39 is 11.9 Å². The first-order valence-electron chi connectivity index (χ1n) is 9.83. The van der Waals surface area contributed by atoms with Crippen LogP contribution in [-0.4, -0.2) is 34.4 Å². The molecule has 0 spiro atoms. The third kappa shape index (κ3) is 3.27. The molecule has 1 aromatic heterocycles. The second kappa shape index (κ2) is 7.42. The van der Waals surface area contributed by atoms with Crippen LogP contribution in [0, 0.1) is 5.82 Å². The molecule has 2 aromatic carbocycles. The molecule has 2 aliphatic heterocycles. The number of nitrogens with zero attached hydrogens (tertiary/aromatic N) is 3. The van der Waals surface area contributed by atoms with E-state index in [4.69, 9.17) is 14.0 Å². The maximum atomic E-state index is 13.9. The SMILES string of the molecule is CCN1C(=O)NC(c2cccc(F)c2)C(c2nc(-c3ccc4c(c3)OCO4)no2)=C1C. The van der Waals surface area contributed by atoms with Gasteiger partial charge in [-0.15, -0.1) is 0 Å². The highest BCUT2D eigenvalue weighted by Crippen LogP contribution is 2.39. The van der Waals surface area contributed by atoms with Crippen molar-refractivity contribution < 1.29 is 23.2 Å². The number of halogens is 1. The fourth-order valence-corrected chi connectivity index (χ4v) is 3.86. The Bertz CT molecular complexity index is 1210. The van der Waals surface area contributed by atoms with E-state index in [-0.39, 0.29) is 18.7 Å². The maximum absolute atomic E-state index is 13.9. The average Bonchev–Trinajstić information content (AvgIpc) is 3.42. The van der Waals surface area contributed by atoms with E-state index in [1.807, 2.05) is 19.9 Å². The van der Waals surface area contributed by atoms with Crippen molar-refractivity contribution in [2.24, 2.45) is 0 Å². The minimum Gasteiger partial charge on any atom is -0.454 e. The molecule has 158 valence electrons. The zero-order chi connectivity index (χ0) is 21.5. The number of urea groups is 1. The monoisotopic (exact) mass is 422 g/mol. The Morgan fingerprint density at radius 1 is 1.19 bits per heavy atom. The lowest BCUT2D eigenvalue weighted by molar-refractivity contribution is 0.174. The number of benzene rings is 2. The van der Waals surface area contributed by atoms with Crippen molar-refractivity contribution in [2.45, 2.75) is 19.9 Å². The van der Waals surface area contributed by atoms with Crippen molar-refractivity contribution in [3.63, 3.8) is 0 Å². The Hall–Kier alpha value is -3.88. The number of hydrogen-bond donors (Lipinski definition) is 1. The topological polar surface area (TPSA) is 89.7 Å². The maximum Gasteiger partial charge on any atom is 0.322 e. The summed E-state index contributed by atoms with van der Waals surface area (Å²) in [5.41, 5.74) is 2.57. The van der Waals surface area contributed by atoms with Gasteiger partial charge in [0.2, 0.25) is 12.6 Å². The lowest BCUT2D eigenvalue weighted by Gasteiger charge is -2.34. The number of carbonyl (C=O) groups is 1. The molecule has 1 atom stereocenters. The van der Waals surface area contributed by atoms with Gasteiger partial charge in [-0.1, -0.05) is 17.3 Å². The van der Waals surface area contributed by atoms with E-state index in [1.54, 1.807) is 29.2 Å². The molecule has 0 saturated heterocycles. The molecule has 3 heterocycles. The third-order valence-electron chi connectivity index (χ3n) is 5.38. The second-order valence-electron chi connectivity index (χ2n) is 7.17. The van der Waals surface area contributed by atoms with Crippen molar-refractivity contribution >= 4 is 11.6 Å². The van der Waals surface area contributed by atoms with Gasteiger partial charge in [-0.25, -0.2) is 9.18 Å². The Morgan fingerprint density at radius 2 is 2.03 bits per heavy atom. The van der Waals surface area contributed by atoms with Crippen LogP contribution in [-0.2, 0) is 0 Å². The minimum absolute atomic E-state index is 0.171. The number of ether oxygens (including phenoxy) is 2. The number of nitrogens with one attached hydrogen (secondary N) is 1. The largest absolute Gasteiger partial charge is 0.454 e. The lowest BCUT2D eigenvalue weighted by atomic mass is 9.94. The Labute approximate surface area is 177 Å². The van der Waals surface area contributed by atoms with Crippen molar-refractivity contribution in [1.82, 2.24) is 20.4 Å². The van der Waals surface area contributed by atoms with Crippen molar-refractivity contribution in [1.29, 1.82) is 0 Å². The van der Waals surface area contributed by atoms with Crippen LogP contribution in [0.3, 0.4) is 0 Å². The van der Waals surface area contributed by atoms with Gasteiger partial charge in [-0.05, 0) is 49.7 Å². The molecular formula is C22H19FN4O4. The van der Waals surface area contributed by atoms with Crippen molar-refractivity contribution in [3.05, 3.63) is 65.4 Å². The van der Waals surface area contributed by atoms with Crippen molar-refractivity contribution in [3.8, 4) is 22.9 Å². The predicted molar refractivity (Wildman–Crippen MR) is 109 cm³/mol. The summed E-state index contributed by atoms with van der Waals surface area (Å²) < 4.78 is 30.3. The summed E-state index contributed by atoms with van der Waals surface area (Å²) in [7, 11) is 0. The number of fused-ring (bicyclic) bond motifs is 1. The van der Waals surface area contributed by atoms with Gasteiger partial charge >= 0.3 is 6.03 Å². The first-order valence-corrected chi connectivity index (χ1v) is 9.83. The van der Waals surface area contributed by atoms with Crippen LogP contribution < -0.4 is 14.8 Å². The number of hydrogen-bond acceptors (Lipinski definition) is 6. The molecule has 0 saturated carbocycles. The van der Waals surface area contributed by atoms with Gasteiger partial charge in [0, 0.05) is 17.8 Å². The van der Waals surface area contributed by atoms with Gasteiger partial charge in [-0.3, -0.25) is 4.90 Å². The van der Waals surface area contributed by atoms with Crippen LogP contribution in [0.25, 0.3) is 17.0 Å². The molecule has 0 fully saturated rings. The molecule has 5 rings (SSSR count). The fraction of sp³-hybridized carbons (Fsp3) is 0.227. The zero-order valence-electron chi connectivity index (χ0n) is 16.9. The molecule has 9 heteroatoms. The van der Waals surface area contributed by atoms with Crippen LogP contribution in [0.5, 0.6) is 11.5 Å². The molecular weight excluding hydrogens is 403 g/mol. The molecule has 0 bridgehead atoms. The van der Waals surface area contributed by atoms with E-state index in [2.05, 4.69) is 15.5 Å². The van der Waals surface area contributed by atoms with E-state index in [0.717, 1.165) is 0 Å². The van der Waals surface area contributed by atoms with Crippen LogP contribution in [0.1, 0.15) is 31.3 Å². The molecule has 0 aliphatic carbocycles. The van der Waals surface area contributed by atoms with Crippen LogP contribution in [0.15, 0.2) is 52.7 Å². The van der Waals surface area contributed by atoms with E-state index in [9.17, 15) is 9.18 Å². The summed E-state index contributed by atoms with van der Waals surface area (Å²) in [6, 6.07) is 10.6. The van der Waals surface area contributed by atoms with Gasteiger partial charge in [0.25, 0.3) is 5.89 Å². The van der Waals surface area contributed by atoms with E-state index in [0.29, 0.717) is 46.3 Å². The number of rotatable bonds is 4. The molecule has 0 radical (unpaired) electrons. The number of aromatic nitrogens is 2. The summed E-state index contributed by atoms with van der Waals surface area (Å²) in [5, 5.41) is 7.04.